The minimum atomic E-state index is -2.76. The number of primary amides is 1. The van der Waals surface area contributed by atoms with Gasteiger partial charge in [0.05, 0.1) is 23.7 Å². The highest BCUT2D eigenvalue weighted by atomic mass is 16.3. The number of hydrogen-bond donors (Lipinski definition) is 5. The minimum absolute atomic E-state index is 0.00547. The number of Topliss-reactive ketones (excluding diaryl/α,β-unsaturated/α-hetero) is 4. The molecule has 1 aromatic rings. The Bertz CT molecular complexity index is 1390. The third-order valence-electron chi connectivity index (χ3n) is 8.82. The lowest BCUT2D eigenvalue weighted by Crippen LogP contribution is -2.71. The largest absolute Gasteiger partial charge is 0.505 e. The number of anilines is 2. The molecule has 2 unspecified atom stereocenters. The van der Waals surface area contributed by atoms with Gasteiger partial charge in [-0.15, -0.1) is 0 Å². The Morgan fingerprint density at radius 2 is 1.76 bits per heavy atom. The average Bonchev–Trinajstić information content (AvgIpc) is 2.85. The second-order valence-electron chi connectivity index (χ2n) is 13.3. The number of nitrogens with one attached hydrogen (secondary N) is 2. The van der Waals surface area contributed by atoms with Crippen LogP contribution in [0.4, 0.5) is 11.4 Å². The number of phenols is 1. The molecule has 0 aliphatic heterocycles. The molecule has 0 spiro atoms. The lowest BCUT2D eigenvalue weighted by Gasteiger charge is -2.52. The molecule has 228 valence electrons. The van der Waals surface area contributed by atoms with Gasteiger partial charge in [0.15, 0.2) is 34.7 Å². The van der Waals surface area contributed by atoms with E-state index in [4.69, 9.17) is 5.73 Å². The first-order chi connectivity index (χ1) is 19.3. The molecule has 3 aliphatic rings. The monoisotopic (exact) mass is 584 g/mol. The van der Waals surface area contributed by atoms with Gasteiger partial charge in [-0.25, -0.2) is 0 Å². The van der Waals surface area contributed by atoms with E-state index < -0.39 is 81.8 Å². The molecule has 12 nitrogen and oxygen atoms in total. The maximum Gasteiger partial charge on any atom is 0.238 e. The molecule has 0 radical (unpaired) electrons. The number of aliphatic hydroxyl groups is 1. The third kappa shape index (κ3) is 4.90. The Morgan fingerprint density at radius 3 is 2.29 bits per heavy atom. The average molecular weight is 585 g/mol. The van der Waals surface area contributed by atoms with Crippen LogP contribution in [0, 0.1) is 35.5 Å². The van der Waals surface area contributed by atoms with Gasteiger partial charge >= 0.3 is 0 Å². The van der Waals surface area contributed by atoms with Gasteiger partial charge in [-0.2, -0.15) is 0 Å². The fourth-order valence-corrected chi connectivity index (χ4v) is 6.94. The van der Waals surface area contributed by atoms with E-state index in [-0.39, 0.29) is 36.2 Å². The van der Waals surface area contributed by atoms with E-state index in [2.05, 4.69) is 10.6 Å². The zero-order valence-electron chi connectivity index (χ0n) is 25.0. The molecule has 2 fully saturated rings. The summed E-state index contributed by atoms with van der Waals surface area (Å²) in [6.45, 7) is 8.99. The molecule has 6 atom stereocenters. The number of carbonyl (C=O) groups excluding carboxylic acids is 6. The Balaban J connectivity index is 1.81. The Hall–Kier alpha value is -3.64. The van der Waals surface area contributed by atoms with Crippen molar-refractivity contribution in [3.8, 4) is 5.75 Å². The molecule has 4 rings (SSSR count). The number of rotatable bonds is 6. The van der Waals surface area contributed by atoms with Crippen molar-refractivity contribution < 1.29 is 39.0 Å². The number of ketones is 4. The number of phenolic OH excluding ortho intramolecular Hbond substituents is 1. The predicted octanol–water partition coefficient (Wildman–Crippen LogP) is 0.602. The number of nitrogens with zero attached hydrogens (tertiary/aromatic N) is 1. The van der Waals surface area contributed by atoms with Gasteiger partial charge in [-0.1, -0.05) is 13.8 Å². The highest BCUT2D eigenvalue weighted by Crippen LogP contribution is 2.54. The summed E-state index contributed by atoms with van der Waals surface area (Å²) in [5.74, 6) is -12.9. The van der Waals surface area contributed by atoms with Gasteiger partial charge in [0.2, 0.25) is 11.8 Å². The minimum Gasteiger partial charge on any atom is -0.505 e. The summed E-state index contributed by atoms with van der Waals surface area (Å²) in [5, 5.41) is 28.7. The molecule has 12 heteroatoms. The van der Waals surface area contributed by atoms with Crippen molar-refractivity contribution >= 4 is 46.3 Å². The van der Waals surface area contributed by atoms with E-state index in [1.807, 2.05) is 20.8 Å². The fourth-order valence-electron chi connectivity index (χ4n) is 6.94. The van der Waals surface area contributed by atoms with Crippen molar-refractivity contribution in [2.75, 3.05) is 30.9 Å². The standard InChI is InChI=1S/C30H40N4O8/c1-12(2)19-15-9-13-8-14-17(34(6)7)10-16(33-18(35)11-32-29(3,4)5)23(36)21(14)25(38)20(13)26(39)30(15,42)27(40)22(24(19)37)28(31)41/h10,12-13,15,19-20,22,32,36,42H,8-9,11H2,1-7H3,(H2,31,41)(H,33,35)/t13-,15-,19-,20?,22?,30-/m0/s1. The third-order valence-corrected chi connectivity index (χ3v) is 8.82. The maximum absolute atomic E-state index is 14.1. The molecule has 2 amide bonds. The van der Waals surface area contributed by atoms with Gasteiger partial charge in [0.25, 0.3) is 0 Å². The zero-order chi connectivity index (χ0) is 31.6. The van der Waals surface area contributed by atoms with Crippen LogP contribution >= 0.6 is 0 Å². The highest BCUT2D eigenvalue weighted by molar-refractivity contribution is 6.32. The smallest absolute Gasteiger partial charge is 0.238 e. The van der Waals surface area contributed by atoms with Crippen LogP contribution < -0.4 is 21.3 Å². The molecule has 1 aromatic carbocycles. The van der Waals surface area contributed by atoms with Gasteiger partial charge < -0.3 is 31.5 Å². The van der Waals surface area contributed by atoms with Crippen LogP contribution in [-0.2, 0) is 30.4 Å². The fraction of sp³-hybridized carbons (Fsp3) is 0.600. The topological polar surface area (TPSA) is 196 Å². The van der Waals surface area contributed by atoms with Gasteiger partial charge in [-0.3, -0.25) is 28.8 Å². The first kappa shape index (κ1) is 31.3. The molecular formula is C30H40N4O8. The number of aromatic hydroxyl groups is 1. The highest BCUT2D eigenvalue weighted by Gasteiger charge is 2.69. The Kier molecular flexibility index (Phi) is 7.88. The van der Waals surface area contributed by atoms with E-state index in [0.717, 1.165) is 0 Å². The summed E-state index contributed by atoms with van der Waals surface area (Å²) < 4.78 is 0. The van der Waals surface area contributed by atoms with Crippen LogP contribution in [0.3, 0.4) is 0 Å². The molecular weight excluding hydrogens is 544 g/mol. The lowest BCUT2D eigenvalue weighted by atomic mass is 9.50. The van der Waals surface area contributed by atoms with Crippen molar-refractivity contribution in [2.45, 2.75) is 58.6 Å². The Morgan fingerprint density at radius 1 is 1.14 bits per heavy atom. The van der Waals surface area contributed by atoms with Crippen molar-refractivity contribution in [3.05, 3.63) is 17.2 Å². The normalized spacial score (nSPS) is 29.1. The summed E-state index contributed by atoms with van der Waals surface area (Å²) >= 11 is 0. The first-order valence-electron chi connectivity index (χ1n) is 14.1. The number of amides is 2. The molecule has 42 heavy (non-hydrogen) atoms. The van der Waals surface area contributed by atoms with Crippen molar-refractivity contribution in [1.82, 2.24) is 5.32 Å². The van der Waals surface area contributed by atoms with Crippen LogP contribution in [0.15, 0.2) is 6.07 Å². The molecule has 0 heterocycles. The predicted molar refractivity (Wildman–Crippen MR) is 153 cm³/mol. The molecule has 3 aliphatic carbocycles. The number of nitrogens with two attached hydrogens (primary N) is 1. The number of benzene rings is 1. The molecule has 0 saturated heterocycles. The Labute approximate surface area is 244 Å². The van der Waals surface area contributed by atoms with Gasteiger partial charge in [0, 0.05) is 37.2 Å². The van der Waals surface area contributed by atoms with Crippen LogP contribution in [0.1, 0.15) is 57.0 Å². The van der Waals surface area contributed by atoms with Crippen LogP contribution in [0.5, 0.6) is 5.75 Å². The van der Waals surface area contributed by atoms with E-state index in [1.165, 1.54) is 0 Å². The number of fused-ring (bicyclic) bond motifs is 3. The van der Waals surface area contributed by atoms with Crippen molar-refractivity contribution in [1.29, 1.82) is 0 Å². The summed E-state index contributed by atoms with van der Waals surface area (Å²) in [5.41, 5.74) is 3.05. The summed E-state index contributed by atoms with van der Waals surface area (Å²) in [6, 6.07) is 1.56. The number of carbonyl (C=O) groups is 6. The van der Waals surface area contributed by atoms with E-state index in [9.17, 15) is 39.0 Å². The lowest BCUT2D eigenvalue weighted by molar-refractivity contribution is -0.182. The van der Waals surface area contributed by atoms with Crippen LogP contribution in [-0.4, -0.2) is 76.9 Å². The van der Waals surface area contributed by atoms with Gasteiger partial charge in [0.1, 0.15) is 5.75 Å². The molecule has 2 saturated carbocycles. The first-order valence-corrected chi connectivity index (χ1v) is 14.1. The molecule has 0 bridgehead atoms. The molecule has 6 N–H and O–H groups in total. The van der Waals surface area contributed by atoms with Crippen LogP contribution in [0.2, 0.25) is 0 Å². The second-order valence-corrected chi connectivity index (χ2v) is 13.3. The quantitative estimate of drug-likeness (QED) is 0.233. The maximum atomic E-state index is 14.1. The molecule has 0 aromatic heterocycles. The SMILES string of the molecule is CC(C)[C@@H]1C(=O)C(C(N)=O)C(=O)[C@@]2(O)C(=O)C3C(=O)c4c(O)c(NC(=O)CNC(C)(C)C)cc(N(C)C)c4C[C@H]3C[C@@H]12. The van der Waals surface area contributed by atoms with Crippen LogP contribution in [0.25, 0.3) is 0 Å². The van der Waals surface area contributed by atoms with Gasteiger partial charge in [-0.05, 0) is 57.1 Å². The second kappa shape index (κ2) is 10.6. The summed E-state index contributed by atoms with van der Waals surface area (Å²) in [6.07, 6.45) is 0.131. The van der Waals surface area contributed by atoms with Crippen molar-refractivity contribution in [3.63, 3.8) is 0 Å². The number of hydrogen-bond acceptors (Lipinski definition) is 10. The summed E-state index contributed by atoms with van der Waals surface area (Å²) in [7, 11) is 3.47. The van der Waals surface area contributed by atoms with Crippen molar-refractivity contribution in [2.24, 2.45) is 41.2 Å². The zero-order valence-corrected chi connectivity index (χ0v) is 25.0. The van der Waals surface area contributed by atoms with E-state index in [1.54, 1.807) is 38.9 Å². The van der Waals surface area contributed by atoms with E-state index >= 15 is 0 Å². The summed E-state index contributed by atoms with van der Waals surface area (Å²) in [4.78, 5) is 81.4. The van der Waals surface area contributed by atoms with E-state index in [0.29, 0.717) is 11.3 Å².